The molecule has 0 unspecified atom stereocenters. The number of nitrogens with one attached hydrogen (secondary N) is 2. The minimum absolute atomic E-state index is 0.0381. The maximum Gasteiger partial charge on any atom is 0.258 e. The van der Waals surface area contributed by atoms with E-state index in [1.807, 2.05) is 26.0 Å². The number of fused-ring (bicyclic) bond motifs is 2. The van der Waals surface area contributed by atoms with Crippen molar-refractivity contribution in [1.82, 2.24) is 20.4 Å². The summed E-state index contributed by atoms with van der Waals surface area (Å²) < 4.78 is 12.0. The molecule has 52 heavy (non-hydrogen) atoms. The van der Waals surface area contributed by atoms with Gasteiger partial charge in [-0.05, 0) is 76.6 Å². The molecule has 2 aliphatic heterocycles. The summed E-state index contributed by atoms with van der Waals surface area (Å²) in [5.41, 5.74) is 0.950. The van der Waals surface area contributed by atoms with E-state index in [0.717, 1.165) is 25.7 Å². The number of amides is 4. The minimum atomic E-state index is -0.568. The minimum Gasteiger partial charge on any atom is -0.490 e. The predicted octanol–water partition coefficient (Wildman–Crippen LogP) is 6.81. The van der Waals surface area contributed by atoms with Crippen LogP contribution in [-0.2, 0) is 9.59 Å². The molecule has 2 aliphatic rings. The molecular weight excluding hydrogens is 656 g/mol. The molecule has 0 fully saturated rings. The summed E-state index contributed by atoms with van der Waals surface area (Å²) in [7, 11) is 3.31. The lowest BCUT2D eigenvalue weighted by Crippen LogP contribution is -2.50. The fourth-order valence-electron chi connectivity index (χ4n) is 5.77. The number of para-hydroxylation sites is 2. The first-order valence-corrected chi connectivity index (χ1v) is 18.6. The summed E-state index contributed by atoms with van der Waals surface area (Å²) in [6.07, 6.45) is 11.3. The van der Waals surface area contributed by atoms with E-state index >= 15 is 0 Å². The standard InChI is InChI=1S/2C21H30N2O3/c2*1-14(2)18-12-8-6-10-15(3)26-19-13-9-7-11-17(19)21(25)23(5)16(4)20(24)22-18/h2*6-9,11,13-16,18H,10,12H2,1-5H3,(H,22,24)/b8-6+;8-6-/t2*15-,16-,18+/m00/s1. The molecule has 0 bridgehead atoms. The second-order valence-corrected chi connectivity index (χ2v) is 14.6. The van der Waals surface area contributed by atoms with Crippen molar-refractivity contribution in [2.24, 2.45) is 11.8 Å². The van der Waals surface area contributed by atoms with Gasteiger partial charge in [0.25, 0.3) is 11.8 Å². The molecular formula is C42H60N4O6. The summed E-state index contributed by atoms with van der Waals surface area (Å²) in [6.45, 7) is 15.8. The highest BCUT2D eigenvalue weighted by Gasteiger charge is 2.29. The lowest BCUT2D eigenvalue weighted by atomic mass is 9.99. The van der Waals surface area contributed by atoms with Gasteiger partial charge < -0.3 is 29.9 Å². The fourth-order valence-corrected chi connectivity index (χ4v) is 5.77. The highest BCUT2D eigenvalue weighted by Crippen LogP contribution is 2.25. The van der Waals surface area contributed by atoms with Crippen molar-refractivity contribution in [1.29, 1.82) is 0 Å². The Morgan fingerprint density at radius 1 is 0.558 bits per heavy atom. The number of benzene rings is 2. The van der Waals surface area contributed by atoms with Crippen molar-refractivity contribution in [3.05, 3.63) is 84.0 Å². The van der Waals surface area contributed by atoms with Gasteiger partial charge in [-0.1, -0.05) is 76.3 Å². The Balaban J connectivity index is 0.000000280. The lowest BCUT2D eigenvalue weighted by molar-refractivity contribution is -0.126. The van der Waals surface area contributed by atoms with Gasteiger partial charge in [-0.25, -0.2) is 0 Å². The summed E-state index contributed by atoms with van der Waals surface area (Å²) in [5, 5.41) is 6.18. The van der Waals surface area contributed by atoms with Crippen LogP contribution >= 0.6 is 0 Å². The molecule has 4 amide bonds. The van der Waals surface area contributed by atoms with Gasteiger partial charge in [-0.15, -0.1) is 0 Å². The second kappa shape index (κ2) is 19.9. The van der Waals surface area contributed by atoms with Crippen LogP contribution in [0.25, 0.3) is 0 Å². The first-order chi connectivity index (χ1) is 24.6. The molecule has 10 nitrogen and oxygen atoms in total. The number of hydrogen-bond donors (Lipinski definition) is 2. The van der Waals surface area contributed by atoms with Crippen LogP contribution in [0.3, 0.4) is 0 Å². The van der Waals surface area contributed by atoms with Crippen LogP contribution < -0.4 is 20.1 Å². The van der Waals surface area contributed by atoms with E-state index in [2.05, 4.69) is 62.6 Å². The van der Waals surface area contributed by atoms with Crippen molar-refractivity contribution in [3.63, 3.8) is 0 Å². The first kappa shape index (κ1) is 41.8. The summed E-state index contributed by atoms with van der Waals surface area (Å²) in [5.74, 6) is 0.991. The van der Waals surface area contributed by atoms with Crippen molar-refractivity contribution in [2.75, 3.05) is 14.1 Å². The van der Waals surface area contributed by atoms with Crippen molar-refractivity contribution >= 4 is 23.6 Å². The smallest absolute Gasteiger partial charge is 0.258 e. The number of carbonyl (C=O) groups excluding carboxylic acids is 4. The topological polar surface area (TPSA) is 117 Å². The van der Waals surface area contributed by atoms with Crippen molar-refractivity contribution in [2.45, 2.75) is 117 Å². The molecule has 0 spiro atoms. The maximum absolute atomic E-state index is 12.9. The van der Waals surface area contributed by atoms with Crippen LogP contribution in [0.5, 0.6) is 11.5 Å². The third kappa shape index (κ3) is 11.7. The third-order valence-electron chi connectivity index (χ3n) is 9.77. The molecule has 0 saturated heterocycles. The molecule has 2 aromatic rings. The summed E-state index contributed by atoms with van der Waals surface area (Å²) >= 11 is 0. The van der Waals surface area contributed by atoms with Crippen molar-refractivity contribution in [3.8, 4) is 11.5 Å². The van der Waals surface area contributed by atoms with E-state index in [1.54, 1.807) is 64.3 Å². The van der Waals surface area contributed by atoms with E-state index in [1.165, 1.54) is 9.80 Å². The molecule has 0 aromatic heterocycles. The molecule has 4 rings (SSSR count). The van der Waals surface area contributed by atoms with E-state index in [9.17, 15) is 19.2 Å². The average Bonchev–Trinajstić information content (AvgIpc) is 3.11. The number of ether oxygens (including phenoxy) is 2. The highest BCUT2D eigenvalue weighted by molar-refractivity contribution is 6.00. The van der Waals surface area contributed by atoms with Gasteiger partial charge in [0.2, 0.25) is 11.8 Å². The number of hydrogen-bond acceptors (Lipinski definition) is 6. The lowest BCUT2D eigenvalue weighted by Gasteiger charge is -2.29. The predicted molar refractivity (Wildman–Crippen MR) is 206 cm³/mol. The summed E-state index contributed by atoms with van der Waals surface area (Å²) in [6, 6.07) is 13.3. The molecule has 0 saturated carbocycles. The summed E-state index contributed by atoms with van der Waals surface area (Å²) in [4.78, 5) is 54.1. The van der Waals surface area contributed by atoms with Crippen LogP contribution in [0.15, 0.2) is 72.8 Å². The van der Waals surface area contributed by atoms with Gasteiger partial charge in [-0.2, -0.15) is 0 Å². The Hall–Kier alpha value is -4.60. The Bertz CT molecular complexity index is 1450. The van der Waals surface area contributed by atoms with Gasteiger partial charge in [0.15, 0.2) is 0 Å². The number of carbonyl (C=O) groups is 4. The third-order valence-corrected chi connectivity index (χ3v) is 9.77. The Kier molecular flexibility index (Phi) is 16.0. The first-order valence-electron chi connectivity index (χ1n) is 18.6. The van der Waals surface area contributed by atoms with Gasteiger partial charge in [-0.3, -0.25) is 19.2 Å². The quantitative estimate of drug-likeness (QED) is 0.330. The van der Waals surface area contributed by atoms with E-state index in [0.29, 0.717) is 34.5 Å². The van der Waals surface area contributed by atoms with Crippen LogP contribution in [-0.4, -0.2) is 83.9 Å². The molecule has 0 radical (unpaired) electrons. The number of likely N-dealkylation sites (N-methyl/N-ethyl adjacent to an activating group) is 2. The highest BCUT2D eigenvalue weighted by atomic mass is 16.5. The average molecular weight is 717 g/mol. The second-order valence-electron chi connectivity index (χ2n) is 14.6. The van der Waals surface area contributed by atoms with Gasteiger partial charge in [0, 0.05) is 39.0 Å². The van der Waals surface area contributed by atoms with Gasteiger partial charge in [0.05, 0.1) is 23.3 Å². The van der Waals surface area contributed by atoms with Crippen LogP contribution in [0, 0.1) is 11.8 Å². The Labute approximate surface area is 311 Å². The number of rotatable bonds is 2. The molecule has 10 heteroatoms. The molecule has 2 N–H and O–H groups in total. The SMILES string of the molecule is CC(C)[C@H]1C/C=C/C[C@H](C)Oc2ccccc2C(=O)N(C)[C@@H](C)C(=O)N1.CC(C)[C@H]1C/C=C\C[C@H](C)Oc2ccccc2C(=O)N(C)[C@@H](C)C(=O)N1. The monoisotopic (exact) mass is 716 g/mol. The maximum atomic E-state index is 12.9. The largest absolute Gasteiger partial charge is 0.490 e. The zero-order chi connectivity index (χ0) is 38.5. The zero-order valence-electron chi connectivity index (χ0n) is 32.7. The van der Waals surface area contributed by atoms with E-state index in [4.69, 9.17) is 9.47 Å². The molecule has 2 heterocycles. The van der Waals surface area contributed by atoms with Crippen LogP contribution in [0.4, 0.5) is 0 Å². The van der Waals surface area contributed by atoms with Crippen LogP contribution in [0.1, 0.15) is 102 Å². The zero-order valence-corrected chi connectivity index (χ0v) is 32.7. The molecule has 0 aliphatic carbocycles. The fraction of sp³-hybridized carbons (Fsp3) is 0.524. The Morgan fingerprint density at radius 2 is 0.885 bits per heavy atom. The normalized spacial score (nSPS) is 26.5. The van der Waals surface area contributed by atoms with Gasteiger partial charge in [0.1, 0.15) is 23.6 Å². The Morgan fingerprint density at radius 3 is 1.23 bits per heavy atom. The van der Waals surface area contributed by atoms with Crippen molar-refractivity contribution < 1.29 is 28.7 Å². The molecule has 284 valence electrons. The molecule has 2 aromatic carbocycles. The number of nitrogens with zero attached hydrogens (tertiary/aromatic N) is 2. The van der Waals surface area contributed by atoms with Crippen LogP contribution in [0.2, 0.25) is 0 Å². The molecule has 6 atom stereocenters. The van der Waals surface area contributed by atoms with Gasteiger partial charge >= 0.3 is 0 Å². The van der Waals surface area contributed by atoms with E-state index in [-0.39, 0.29) is 47.9 Å². The van der Waals surface area contributed by atoms with E-state index < -0.39 is 12.1 Å².